The van der Waals surface area contributed by atoms with Gasteiger partial charge < -0.3 is 9.15 Å². The summed E-state index contributed by atoms with van der Waals surface area (Å²) in [5.74, 6) is -0.0836. The van der Waals surface area contributed by atoms with E-state index < -0.39 is 0 Å². The number of nitrogens with zero attached hydrogens (tertiary/aromatic N) is 4. The smallest absolute Gasteiger partial charge is 0.306 e. The average molecular weight is 412 g/mol. The zero-order valence-corrected chi connectivity index (χ0v) is 16.4. The minimum atomic E-state index is -0.386. The predicted molar refractivity (Wildman–Crippen MR) is 104 cm³/mol. The Balaban J connectivity index is 1.28. The molecule has 0 saturated carbocycles. The van der Waals surface area contributed by atoms with Gasteiger partial charge >= 0.3 is 5.97 Å². The largest absolute Gasteiger partial charge is 0.459 e. The van der Waals surface area contributed by atoms with Crippen LogP contribution in [0, 0.1) is 5.82 Å². The van der Waals surface area contributed by atoms with Crippen LogP contribution in [-0.4, -0.2) is 25.7 Å². The summed E-state index contributed by atoms with van der Waals surface area (Å²) in [6.45, 7) is 0.0989. The zero-order chi connectivity index (χ0) is 20.2. The number of carbonyl (C=O) groups excluding carboxylic acids is 1. The summed E-state index contributed by atoms with van der Waals surface area (Å²) in [4.78, 5) is 20.6. The average Bonchev–Trinajstić information content (AvgIpc) is 3.46. The fraction of sp³-hybridized carbons (Fsp3) is 0.200. The van der Waals surface area contributed by atoms with Gasteiger partial charge in [0.25, 0.3) is 0 Å². The maximum Gasteiger partial charge on any atom is 0.306 e. The normalized spacial score (nSPS) is 11.0. The van der Waals surface area contributed by atoms with E-state index in [2.05, 4.69) is 15.1 Å². The molecule has 0 fully saturated rings. The van der Waals surface area contributed by atoms with E-state index in [0.29, 0.717) is 22.9 Å². The highest BCUT2D eigenvalue weighted by Gasteiger charge is 2.13. The molecule has 0 N–H and O–H groups in total. The summed E-state index contributed by atoms with van der Waals surface area (Å²) in [7, 11) is 1.84. The van der Waals surface area contributed by atoms with E-state index in [1.165, 1.54) is 23.6 Å². The van der Waals surface area contributed by atoms with Gasteiger partial charge in [0.2, 0.25) is 0 Å². The second-order valence-electron chi connectivity index (χ2n) is 6.31. The van der Waals surface area contributed by atoms with Crippen LogP contribution < -0.4 is 0 Å². The number of carbonyl (C=O) groups is 1. The number of thiazole rings is 1. The molecule has 0 radical (unpaired) electrons. The summed E-state index contributed by atoms with van der Waals surface area (Å²) in [5, 5.41) is 6.79. The van der Waals surface area contributed by atoms with Gasteiger partial charge in [-0.15, -0.1) is 11.3 Å². The molecular formula is C20H17FN4O3S. The van der Waals surface area contributed by atoms with Crippen LogP contribution in [0.25, 0.3) is 21.9 Å². The highest BCUT2D eigenvalue weighted by molar-refractivity contribution is 7.13. The van der Waals surface area contributed by atoms with Crippen molar-refractivity contribution in [3.05, 3.63) is 65.6 Å². The second kappa shape index (κ2) is 8.36. The van der Waals surface area contributed by atoms with Crippen LogP contribution in [0.3, 0.4) is 0 Å². The van der Waals surface area contributed by atoms with Crippen LogP contribution in [0.15, 0.2) is 52.7 Å². The molecule has 1 aromatic carbocycles. The highest BCUT2D eigenvalue weighted by atomic mass is 32.1. The summed E-state index contributed by atoms with van der Waals surface area (Å²) >= 11 is 1.47. The number of ether oxygens (including phenoxy) is 1. The molecule has 3 heterocycles. The van der Waals surface area contributed by atoms with Crippen LogP contribution >= 0.6 is 11.3 Å². The van der Waals surface area contributed by atoms with Gasteiger partial charge in [-0.2, -0.15) is 5.10 Å². The number of hydrogen-bond acceptors (Lipinski definition) is 7. The Morgan fingerprint density at radius 1 is 1.31 bits per heavy atom. The van der Waals surface area contributed by atoms with Gasteiger partial charge in [0.1, 0.15) is 17.4 Å². The van der Waals surface area contributed by atoms with Crippen molar-refractivity contribution < 1.29 is 18.3 Å². The van der Waals surface area contributed by atoms with Gasteiger partial charge in [0, 0.05) is 30.6 Å². The van der Waals surface area contributed by atoms with Gasteiger partial charge in [0.15, 0.2) is 11.7 Å². The first-order valence-corrected chi connectivity index (χ1v) is 9.75. The van der Waals surface area contributed by atoms with Crippen molar-refractivity contribution in [3.63, 3.8) is 0 Å². The van der Waals surface area contributed by atoms with E-state index in [1.807, 2.05) is 18.6 Å². The molecular weight excluding hydrogens is 395 g/mol. The van der Waals surface area contributed by atoms with Crippen LogP contribution in [0.4, 0.5) is 4.39 Å². The van der Waals surface area contributed by atoms with Gasteiger partial charge in [-0.3, -0.25) is 9.48 Å². The van der Waals surface area contributed by atoms with E-state index >= 15 is 0 Å². The molecule has 0 saturated heterocycles. The molecule has 0 aliphatic heterocycles. The number of hydrogen-bond donors (Lipinski definition) is 0. The summed E-state index contributed by atoms with van der Waals surface area (Å²) in [6, 6.07) is 6.29. The first kappa shape index (κ1) is 19.0. The van der Waals surface area contributed by atoms with E-state index in [-0.39, 0.29) is 31.2 Å². The molecule has 0 spiro atoms. The van der Waals surface area contributed by atoms with Crippen molar-refractivity contribution in [2.75, 3.05) is 0 Å². The molecule has 0 aliphatic carbocycles. The monoisotopic (exact) mass is 412 g/mol. The van der Waals surface area contributed by atoms with Gasteiger partial charge in [-0.1, -0.05) is 12.1 Å². The third-order valence-corrected chi connectivity index (χ3v) is 5.06. The van der Waals surface area contributed by atoms with E-state index in [1.54, 1.807) is 29.1 Å². The van der Waals surface area contributed by atoms with E-state index in [4.69, 9.17) is 9.15 Å². The Labute approximate surface area is 169 Å². The molecule has 3 aromatic heterocycles. The molecule has 0 unspecified atom stereocenters. The Kier molecular flexibility index (Phi) is 5.48. The molecule has 9 heteroatoms. The van der Waals surface area contributed by atoms with Crippen molar-refractivity contribution in [2.24, 2.45) is 7.05 Å². The van der Waals surface area contributed by atoms with E-state index in [0.717, 1.165) is 10.6 Å². The molecule has 7 nitrogen and oxygen atoms in total. The third kappa shape index (κ3) is 4.57. The third-order valence-electron chi connectivity index (χ3n) is 4.12. The predicted octanol–water partition coefficient (Wildman–Crippen LogP) is 4.01. The molecule has 4 aromatic rings. The van der Waals surface area contributed by atoms with Gasteiger partial charge in [-0.25, -0.2) is 14.4 Å². The summed E-state index contributed by atoms with van der Waals surface area (Å²) < 4.78 is 26.3. The Morgan fingerprint density at radius 3 is 2.97 bits per heavy atom. The van der Waals surface area contributed by atoms with Crippen LogP contribution in [0.1, 0.15) is 18.0 Å². The molecule has 0 amide bonds. The molecule has 148 valence electrons. The number of rotatable bonds is 7. The SMILES string of the molecule is Cn1cc(-c2nc(COC(=O)CCc3ncc(-c4ccccc4F)o3)cs2)cn1. The Hall–Kier alpha value is -3.33. The topological polar surface area (TPSA) is 83.0 Å². The van der Waals surface area contributed by atoms with Gasteiger partial charge in [-0.05, 0) is 12.1 Å². The Morgan fingerprint density at radius 2 is 2.17 bits per heavy atom. The maximum absolute atomic E-state index is 13.8. The summed E-state index contributed by atoms with van der Waals surface area (Å²) in [6.07, 6.45) is 5.44. The number of aryl methyl sites for hydroxylation is 2. The fourth-order valence-corrected chi connectivity index (χ4v) is 3.46. The molecule has 29 heavy (non-hydrogen) atoms. The minimum absolute atomic E-state index is 0.0989. The number of oxazole rings is 1. The number of esters is 1. The van der Waals surface area contributed by atoms with Crippen molar-refractivity contribution in [3.8, 4) is 21.9 Å². The number of halogens is 1. The molecule has 0 bridgehead atoms. The number of aromatic nitrogens is 4. The van der Waals surface area contributed by atoms with Crippen molar-refractivity contribution in [1.29, 1.82) is 0 Å². The fourth-order valence-electron chi connectivity index (χ4n) is 2.68. The lowest BCUT2D eigenvalue weighted by Crippen LogP contribution is -2.06. The van der Waals surface area contributed by atoms with E-state index in [9.17, 15) is 9.18 Å². The molecule has 4 rings (SSSR count). The van der Waals surface area contributed by atoms with Crippen LogP contribution in [0.2, 0.25) is 0 Å². The van der Waals surface area contributed by atoms with Crippen molar-refractivity contribution >= 4 is 17.3 Å². The lowest BCUT2D eigenvalue weighted by Gasteiger charge is -2.01. The summed E-state index contributed by atoms with van der Waals surface area (Å²) in [5.41, 5.74) is 1.94. The molecule has 0 aliphatic rings. The molecule has 0 atom stereocenters. The van der Waals surface area contributed by atoms with Crippen LogP contribution in [-0.2, 0) is 29.6 Å². The standard InChI is InChI=1S/C20H17FN4O3S/c1-25-10-13(8-23-25)20-24-14(12-29-20)11-27-19(26)7-6-18-22-9-17(28-18)15-4-2-3-5-16(15)21/h2-5,8-10,12H,6-7,11H2,1H3. The minimum Gasteiger partial charge on any atom is -0.459 e. The lowest BCUT2D eigenvalue weighted by atomic mass is 10.2. The van der Waals surface area contributed by atoms with Crippen molar-refractivity contribution in [2.45, 2.75) is 19.4 Å². The first-order chi connectivity index (χ1) is 14.1. The Bertz CT molecular complexity index is 1130. The van der Waals surface area contributed by atoms with Crippen molar-refractivity contribution in [1.82, 2.24) is 19.7 Å². The second-order valence-corrected chi connectivity index (χ2v) is 7.16. The quantitative estimate of drug-likeness (QED) is 0.427. The maximum atomic E-state index is 13.8. The number of benzene rings is 1. The van der Waals surface area contributed by atoms with Crippen LogP contribution in [0.5, 0.6) is 0 Å². The first-order valence-electron chi connectivity index (χ1n) is 8.87. The zero-order valence-electron chi connectivity index (χ0n) is 15.5. The lowest BCUT2D eigenvalue weighted by molar-refractivity contribution is -0.145. The van der Waals surface area contributed by atoms with Gasteiger partial charge in [0.05, 0.1) is 30.1 Å². The highest BCUT2D eigenvalue weighted by Crippen LogP contribution is 2.24.